The lowest BCUT2D eigenvalue weighted by molar-refractivity contribution is 0.102. The summed E-state index contributed by atoms with van der Waals surface area (Å²) >= 11 is 0. The van der Waals surface area contributed by atoms with Gasteiger partial charge in [0.15, 0.2) is 0 Å². The second kappa shape index (κ2) is 4.29. The van der Waals surface area contributed by atoms with Crippen LogP contribution in [0.25, 0.3) is 0 Å². The van der Waals surface area contributed by atoms with Crippen LogP contribution in [0.2, 0.25) is 0 Å². The molecule has 88 valence electrons. The smallest absolute Gasteiger partial charge is 0.260 e. The minimum Gasteiger partial charge on any atom is -0.397 e. The van der Waals surface area contributed by atoms with E-state index in [2.05, 4.69) is 10.5 Å². The number of anilines is 2. The Morgan fingerprint density at radius 2 is 2.18 bits per heavy atom. The van der Waals surface area contributed by atoms with E-state index in [-0.39, 0.29) is 5.91 Å². The summed E-state index contributed by atoms with van der Waals surface area (Å²) in [7, 11) is 0. The van der Waals surface area contributed by atoms with E-state index < -0.39 is 0 Å². The molecule has 3 N–H and O–H groups in total. The van der Waals surface area contributed by atoms with Crippen LogP contribution in [-0.4, -0.2) is 11.1 Å². The van der Waals surface area contributed by atoms with Crippen molar-refractivity contribution in [3.05, 3.63) is 41.3 Å². The van der Waals surface area contributed by atoms with Crippen molar-refractivity contribution in [2.75, 3.05) is 11.1 Å². The Hall–Kier alpha value is -2.30. The van der Waals surface area contributed by atoms with Crippen LogP contribution in [-0.2, 0) is 0 Å². The largest absolute Gasteiger partial charge is 0.397 e. The Morgan fingerprint density at radius 1 is 1.41 bits per heavy atom. The topological polar surface area (TPSA) is 81.1 Å². The van der Waals surface area contributed by atoms with Gasteiger partial charge in [-0.25, -0.2) is 0 Å². The van der Waals surface area contributed by atoms with Crippen molar-refractivity contribution in [2.24, 2.45) is 0 Å². The molecule has 0 saturated heterocycles. The predicted molar refractivity (Wildman–Crippen MR) is 64.8 cm³/mol. The molecule has 17 heavy (non-hydrogen) atoms. The van der Waals surface area contributed by atoms with E-state index in [4.69, 9.17) is 10.3 Å². The van der Waals surface area contributed by atoms with Crippen LogP contribution in [0.4, 0.5) is 11.4 Å². The summed E-state index contributed by atoms with van der Waals surface area (Å²) in [4.78, 5) is 11.9. The van der Waals surface area contributed by atoms with Crippen LogP contribution >= 0.6 is 0 Å². The zero-order valence-corrected chi connectivity index (χ0v) is 9.65. The lowest BCUT2D eigenvalue weighted by Crippen LogP contribution is -2.14. The Kier molecular flexibility index (Phi) is 2.82. The molecule has 1 heterocycles. The number of nitrogens with zero attached hydrogens (tertiary/aromatic N) is 1. The molecule has 0 saturated carbocycles. The lowest BCUT2D eigenvalue weighted by Gasteiger charge is -2.10. The van der Waals surface area contributed by atoms with E-state index in [1.165, 1.54) is 6.20 Å². The van der Waals surface area contributed by atoms with Crippen molar-refractivity contribution in [3.63, 3.8) is 0 Å². The number of aryl methyl sites for hydroxylation is 2. The molecule has 5 nitrogen and oxygen atoms in total. The molecule has 0 aliphatic rings. The zero-order chi connectivity index (χ0) is 12.4. The molecule has 1 aromatic heterocycles. The van der Waals surface area contributed by atoms with E-state index in [9.17, 15) is 4.79 Å². The first-order valence-electron chi connectivity index (χ1n) is 5.17. The van der Waals surface area contributed by atoms with Crippen LogP contribution in [0.3, 0.4) is 0 Å². The fourth-order valence-corrected chi connectivity index (χ4v) is 1.56. The van der Waals surface area contributed by atoms with Crippen molar-refractivity contribution in [1.29, 1.82) is 0 Å². The summed E-state index contributed by atoms with van der Waals surface area (Å²) in [5.74, 6) is 0.208. The first-order valence-corrected chi connectivity index (χ1v) is 5.17. The van der Waals surface area contributed by atoms with Gasteiger partial charge in [0.05, 0.1) is 17.6 Å². The molecule has 0 aliphatic heterocycles. The summed E-state index contributed by atoms with van der Waals surface area (Å²) < 4.78 is 4.84. The van der Waals surface area contributed by atoms with Gasteiger partial charge in [0.1, 0.15) is 11.3 Å². The van der Waals surface area contributed by atoms with Crippen LogP contribution in [0.5, 0.6) is 0 Å². The monoisotopic (exact) mass is 231 g/mol. The SMILES string of the molecule is Cc1cccc(N)c1NC(=O)c1cnoc1C. The maximum Gasteiger partial charge on any atom is 0.260 e. The van der Waals surface area contributed by atoms with E-state index in [0.717, 1.165) is 5.56 Å². The van der Waals surface area contributed by atoms with Gasteiger partial charge in [-0.3, -0.25) is 4.79 Å². The summed E-state index contributed by atoms with van der Waals surface area (Å²) in [5, 5.41) is 6.32. The molecular weight excluding hydrogens is 218 g/mol. The molecule has 0 unspecified atom stereocenters. The van der Waals surface area contributed by atoms with Crippen LogP contribution in [0.15, 0.2) is 28.9 Å². The quantitative estimate of drug-likeness (QED) is 0.776. The number of hydrogen-bond donors (Lipinski definition) is 2. The molecule has 2 rings (SSSR count). The summed E-state index contributed by atoms with van der Waals surface area (Å²) in [6, 6.07) is 5.46. The molecule has 2 aromatic rings. The number of aromatic nitrogens is 1. The molecule has 0 bridgehead atoms. The first-order chi connectivity index (χ1) is 8.09. The molecule has 0 atom stereocenters. The van der Waals surface area contributed by atoms with Gasteiger partial charge in [-0.05, 0) is 25.5 Å². The number of hydrogen-bond acceptors (Lipinski definition) is 4. The van der Waals surface area contributed by atoms with Gasteiger partial charge in [0, 0.05) is 0 Å². The molecular formula is C12H13N3O2. The van der Waals surface area contributed by atoms with Crippen LogP contribution in [0, 0.1) is 13.8 Å². The highest BCUT2D eigenvalue weighted by atomic mass is 16.5. The number of carbonyl (C=O) groups is 1. The van der Waals surface area contributed by atoms with Gasteiger partial charge in [0.25, 0.3) is 5.91 Å². The Balaban J connectivity index is 2.28. The standard InChI is InChI=1S/C12H13N3O2/c1-7-4-3-5-10(13)11(7)15-12(16)9-6-14-17-8(9)2/h3-6H,13H2,1-2H3,(H,15,16). The number of benzene rings is 1. The Labute approximate surface area is 98.6 Å². The highest BCUT2D eigenvalue weighted by Gasteiger charge is 2.14. The van der Waals surface area contributed by atoms with E-state index in [0.29, 0.717) is 22.7 Å². The third kappa shape index (κ3) is 2.13. The third-order valence-electron chi connectivity index (χ3n) is 2.54. The van der Waals surface area contributed by atoms with Crippen molar-refractivity contribution < 1.29 is 9.32 Å². The van der Waals surface area contributed by atoms with Crippen LogP contribution in [0.1, 0.15) is 21.7 Å². The Bertz CT molecular complexity index is 540. The Morgan fingerprint density at radius 3 is 2.76 bits per heavy atom. The minimum absolute atomic E-state index is 0.273. The van der Waals surface area contributed by atoms with Crippen molar-refractivity contribution in [1.82, 2.24) is 5.16 Å². The van der Waals surface area contributed by atoms with Gasteiger partial charge in [-0.2, -0.15) is 0 Å². The fourth-order valence-electron chi connectivity index (χ4n) is 1.56. The second-order valence-electron chi connectivity index (χ2n) is 3.79. The lowest BCUT2D eigenvalue weighted by atomic mass is 10.1. The highest BCUT2D eigenvalue weighted by Crippen LogP contribution is 2.23. The molecule has 0 aliphatic carbocycles. The number of amides is 1. The fraction of sp³-hybridized carbons (Fsp3) is 0.167. The highest BCUT2D eigenvalue weighted by molar-refractivity contribution is 6.06. The van der Waals surface area contributed by atoms with Gasteiger partial charge >= 0.3 is 0 Å². The van der Waals surface area contributed by atoms with E-state index >= 15 is 0 Å². The van der Waals surface area contributed by atoms with Crippen molar-refractivity contribution in [3.8, 4) is 0 Å². The average molecular weight is 231 g/mol. The molecule has 1 amide bonds. The zero-order valence-electron chi connectivity index (χ0n) is 9.65. The van der Waals surface area contributed by atoms with Gasteiger partial charge < -0.3 is 15.6 Å². The number of nitrogens with one attached hydrogen (secondary N) is 1. The first kappa shape index (κ1) is 11.2. The van der Waals surface area contributed by atoms with Gasteiger partial charge in [-0.15, -0.1) is 0 Å². The number of nitrogens with two attached hydrogens (primary N) is 1. The van der Waals surface area contributed by atoms with E-state index in [1.807, 2.05) is 19.1 Å². The van der Waals surface area contributed by atoms with Gasteiger partial charge in [-0.1, -0.05) is 17.3 Å². The third-order valence-corrected chi connectivity index (χ3v) is 2.54. The predicted octanol–water partition coefficient (Wildman–Crippen LogP) is 2.13. The molecule has 1 aromatic carbocycles. The maximum absolute atomic E-state index is 11.9. The molecule has 0 spiro atoms. The summed E-state index contributed by atoms with van der Waals surface area (Å²) in [5.41, 5.74) is 8.28. The second-order valence-corrected chi connectivity index (χ2v) is 3.79. The molecule has 5 heteroatoms. The van der Waals surface area contributed by atoms with Crippen molar-refractivity contribution in [2.45, 2.75) is 13.8 Å². The number of para-hydroxylation sites is 1. The number of nitrogen functional groups attached to an aromatic ring is 1. The molecule has 0 fully saturated rings. The van der Waals surface area contributed by atoms with E-state index in [1.54, 1.807) is 13.0 Å². The number of rotatable bonds is 2. The van der Waals surface area contributed by atoms with Crippen molar-refractivity contribution >= 4 is 17.3 Å². The normalized spacial score (nSPS) is 10.2. The maximum atomic E-state index is 11.9. The number of carbonyl (C=O) groups excluding carboxylic acids is 1. The van der Waals surface area contributed by atoms with Crippen LogP contribution < -0.4 is 11.1 Å². The average Bonchev–Trinajstić information content (AvgIpc) is 2.70. The van der Waals surface area contributed by atoms with Gasteiger partial charge in [0.2, 0.25) is 0 Å². The summed E-state index contributed by atoms with van der Waals surface area (Å²) in [6.45, 7) is 3.57. The summed E-state index contributed by atoms with van der Waals surface area (Å²) in [6.07, 6.45) is 1.39. The molecule has 0 radical (unpaired) electrons. The minimum atomic E-state index is -0.273.